The number of fused-ring (bicyclic) bond motifs is 3. The van der Waals surface area contributed by atoms with E-state index in [1.165, 1.54) is 5.56 Å². The predicted octanol–water partition coefficient (Wildman–Crippen LogP) is 5.19. The number of para-hydroxylation sites is 1. The second-order valence-corrected chi connectivity index (χ2v) is 7.61. The SMILES string of the molecule is Cc1cccc([C@@H]2c3cccn3-c3ccccc3CN2C(=O)NCc2ccco2)c1. The van der Waals surface area contributed by atoms with Gasteiger partial charge in [-0.3, -0.25) is 0 Å². The van der Waals surface area contributed by atoms with Gasteiger partial charge in [0.05, 0.1) is 31.1 Å². The van der Waals surface area contributed by atoms with E-state index in [1.54, 1.807) is 6.26 Å². The molecular weight excluding hydrogens is 374 g/mol. The lowest BCUT2D eigenvalue weighted by molar-refractivity contribution is 0.179. The van der Waals surface area contributed by atoms with Gasteiger partial charge in [-0.2, -0.15) is 0 Å². The number of carbonyl (C=O) groups is 1. The third-order valence-electron chi connectivity index (χ3n) is 5.58. The zero-order valence-electron chi connectivity index (χ0n) is 16.8. The minimum Gasteiger partial charge on any atom is -0.467 e. The number of nitrogens with one attached hydrogen (secondary N) is 1. The molecule has 3 heterocycles. The van der Waals surface area contributed by atoms with Crippen LogP contribution in [0.25, 0.3) is 5.69 Å². The molecule has 1 aliphatic heterocycles. The van der Waals surface area contributed by atoms with E-state index in [-0.39, 0.29) is 12.1 Å². The summed E-state index contributed by atoms with van der Waals surface area (Å²) in [4.78, 5) is 15.3. The first-order chi connectivity index (χ1) is 14.7. The molecular formula is C25H23N3O2. The van der Waals surface area contributed by atoms with Gasteiger partial charge in [-0.05, 0) is 48.4 Å². The van der Waals surface area contributed by atoms with E-state index in [1.807, 2.05) is 35.2 Å². The fourth-order valence-electron chi connectivity index (χ4n) is 4.21. The van der Waals surface area contributed by atoms with Crippen molar-refractivity contribution in [1.82, 2.24) is 14.8 Å². The topological polar surface area (TPSA) is 50.4 Å². The number of aromatic nitrogens is 1. The van der Waals surface area contributed by atoms with Crippen molar-refractivity contribution < 1.29 is 9.21 Å². The number of amides is 2. The van der Waals surface area contributed by atoms with Gasteiger partial charge in [0.1, 0.15) is 5.76 Å². The molecule has 0 unspecified atom stereocenters. The van der Waals surface area contributed by atoms with Crippen LogP contribution in [0, 0.1) is 6.92 Å². The van der Waals surface area contributed by atoms with Gasteiger partial charge in [-0.25, -0.2) is 4.79 Å². The molecule has 0 bridgehead atoms. The number of aryl methyl sites for hydroxylation is 1. The molecule has 5 heteroatoms. The van der Waals surface area contributed by atoms with Crippen molar-refractivity contribution in [3.63, 3.8) is 0 Å². The summed E-state index contributed by atoms with van der Waals surface area (Å²) < 4.78 is 7.58. The lowest BCUT2D eigenvalue weighted by Gasteiger charge is -2.31. The number of furan rings is 1. The summed E-state index contributed by atoms with van der Waals surface area (Å²) in [6, 6.07) is 24.1. The van der Waals surface area contributed by atoms with Crippen LogP contribution < -0.4 is 5.32 Å². The van der Waals surface area contributed by atoms with Gasteiger partial charge in [0, 0.05) is 11.9 Å². The molecule has 150 valence electrons. The van der Waals surface area contributed by atoms with Gasteiger partial charge in [-0.1, -0.05) is 48.0 Å². The summed E-state index contributed by atoms with van der Waals surface area (Å²) >= 11 is 0. The van der Waals surface area contributed by atoms with E-state index in [0.717, 1.165) is 28.3 Å². The highest BCUT2D eigenvalue weighted by molar-refractivity contribution is 5.76. The second kappa shape index (κ2) is 7.59. The molecule has 1 atom stereocenters. The zero-order chi connectivity index (χ0) is 20.5. The minimum atomic E-state index is -0.205. The van der Waals surface area contributed by atoms with Crippen molar-refractivity contribution >= 4 is 6.03 Å². The van der Waals surface area contributed by atoms with Gasteiger partial charge in [-0.15, -0.1) is 0 Å². The summed E-state index contributed by atoms with van der Waals surface area (Å²) in [6.45, 7) is 2.95. The molecule has 1 N–H and O–H groups in total. The number of nitrogens with zero attached hydrogens (tertiary/aromatic N) is 2. The highest BCUT2D eigenvalue weighted by Crippen LogP contribution is 2.36. The van der Waals surface area contributed by atoms with Crippen LogP contribution in [0.5, 0.6) is 0 Å². The van der Waals surface area contributed by atoms with Crippen LogP contribution in [0.15, 0.2) is 89.7 Å². The zero-order valence-corrected chi connectivity index (χ0v) is 16.8. The smallest absolute Gasteiger partial charge is 0.318 e. The molecule has 2 aromatic heterocycles. The summed E-state index contributed by atoms with van der Waals surface area (Å²) in [5.74, 6) is 0.731. The highest BCUT2D eigenvalue weighted by Gasteiger charge is 2.32. The van der Waals surface area contributed by atoms with Crippen molar-refractivity contribution in [3.05, 3.63) is 113 Å². The van der Waals surface area contributed by atoms with E-state index >= 15 is 0 Å². The minimum absolute atomic E-state index is 0.123. The quantitative estimate of drug-likeness (QED) is 0.517. The first kappa shape index (κ1) is 18.3. The van der Waals surface area contributed by atoms with Crippen LogP contribution in [0.4, 0.5) is 4.79 Å². The van der Waals surface area contributed by atoms with Crippen molar-refractivity contribution in [3.8, 4) is 5.69 Å². The molecule has 0 radical (unpaired) electrons. The van der Waals surface area contributed by atoms with Crippen LogP contribution >= 0.6 is 0 Å². The lowest BCUT2D eigenvalue weighted by Crippen LogP contribution is -2.41. The predicted molar refractivity (Wildman–Crippen MR) is 115 cm³/mol. The first-order valence-electron chi connectivity index (χ1n) is 10.1. The monoisotopic (exact) mass is 397 g/mol. The van der Waals surface area contributed by atoms with Gasteiger partial charge >= 0.3 is 6.03 Å². The molecule has 30 heavy (non-hydrogen) atoms. The average Bonchev–Trinajstić information content (AvgIpc) is 3.42. The molecule has 4 aromatic rings. The maximum Gasteiger partial charge on any atom is 0.318 e. The van der Waals surface area contributed by atoms with Crippen LogP contribution in [0.2, 0.25) is 0 Å². The van der Waals surface area contributed by atoms with E-state index in [4.69, 9.17) is 4.42 Å². The molecule has 0 fully saturated rings. The van der Waals surface area contributed by atoms with Crippen LogP contribution in [-0.4, -0.2) is 15.5 Å². The molecule has 5 nitrogen and oxygen atoms in total. The van der Waals surface area contributed by atoms with E-state index in [2.05, 4.69) is 65.5 Å². The Bertz CT molecular complexity index is 1180. The Labute approximate surface area is 175 Å². The van der Waals surface area contributed by atoms with E-state index in [0.29, 0.717) is 13.1 Å². The molecule has 2 aromatic carbocycles. The number of hydrogen-bond acceptors (Lipinski definition) is 2. The normalized spacial score (nSPS) is 15.2. The molecule has 0 aliphatic carbocycles. The summed E-state index contributed by atoms with van der Waals surface area (Å²) in [5.41, 5.74) is 5.55. The van der Waals surface area contributed by atoms with Crippen LogP contribution in [0.3, 0.4) is 0 Å². The Morgan fingerprint density at radius 2 is 1.97 bits per heavy atom. The molecule has 5 rings (SSSR count). The van der Waals surface area contributed by atoms with Gasteiger partial charge < -0.3 is 19.2 Å². The third-order valence-corrected chi connectivity index (χ3v) is 5.58. The number of benzene rings is 2. The average molecular weight is 397 g/mol. The van der Waals surface area contributed by atoms with Crippen molar-refractivity contribution in [2.75, 3.05) is 0 Å². The lowest BCUT2D eigenvalue weighted by atomic mass is 10.00. The van der Waals surface area contributed by atoms with Gasteiger partial charge in [0.2, 0.25) is 0 Å². The fraction of sp³-hybridized carbons (Fsp3) is 0.160. The summed E-state index contributed by atoms with van der Waals surface area (Å²) in [5, 5.41) is 3.03. The summed E-state index contributed by atoms with van der Waals surface area (Å²) in [6.07, 6.45) is 3.69. The molecule has 0 spiro atoms. The third kappa shape index (κ3) is 3.28. The Kier molecular flexibility index (Phi) is 4.64. The molecule has 1 aliphatic rings. The maximum atomic E-state index is 13.4. The van der Waals surface area contributed by atoms with Crippen molar-refractivity contribution in [2.24, 2.45) is 0 Å². The largest absolute Gasteiger partial charge is 0.467 e. The number of hydrogen-bond donors (Lipinski definition) is 1. The standard InChI is InChI=1S/C25H23N3O2/c1-18-7-4-9-19(15-18)24-23-12-5-13-27(23)22-11-3-2-8-20(22)17-28(24)25(29)26-16-21-10-6-14-30-21/h2-15,24H,16-17H2,1H3,(H,26,29)/t24-/m1/s1. The van der Waals surface area contributed by atoms with Crippen LogP contribution in [0.1, 0.15) is 34.2 Å². The van der Waals surface area contributed by atoms with Crippen molar-refractivity contribution in [2.45, 2.75) is 26.1 Å². The van der Waals surface area contributed by atoms with Gasteiger partial charge in [0.25, 0.3) is 0 Å². The second-order valence-electron chi connectivity index (χ2n) is 7.61. The Morgan fingerprint density at radius 1 is 1.07 bits per heavy atom. The number of carbonyl (C=O) groups excluding carboxylic acids is 1. The fourth-order valence-corrected chi connectivity index (χ4v) is 4.21. The van der Waals surface area contributed by atoms with Crippen LogP contribution in [-0.2, 0) is 13.1 Å². The van der Waals surface area contributed by atoms with E-state index < -0.39 is 0 Å². The first-order valence-corrected chi connectivity index (χ1v) is 10.1. The Balaban J connectivity index is 1.60. The molecule has 0 saturated heterocycles. The Morgan fingerprint density at radius 3 is 2.80 bits per heavy atom. The van der Waals surface area contributed by atoms with Crippen molar-refractivity contribution in [1.29, 1.82) is 0 Å². The molecule has 2 amide bonds. The number of urea groups is 1. The van der Waals surface area contributed by atoms with Gasteiger partial charge in [0.15, 0.2) is 0 Å². The Hall–Kier alpha value is -3.73. The summed E-state index contributed by atoms with van der Waals surface area (Å²) in [7, 11) is 0. The van der Waals surface area contributed by atoms with E-state index in [9.17, 15) is 4.79 Å². The maximum absolute atomic E-state index is 13.4. The molecule has 0 saturated carbocycles. The highest BCUT2D eigenvalue weighted by atomic mass is 16.3. The number of rotatable bonds is 3.